The lowest BCUT2D eigenvalue weighted by Crippen LogP contribution is -2.42. The molecular formula is C13H24N2OS. The van der Waals surface area contributed by atoms with E-state index in [2.05, 4.69) is 5.32 Å². The number of carbonyl (C=O) groups excluding carboxylic acids is 1. The third kappa shape index (κ3) is 4.88. The summed E-state index contributed by atoms with van der Waals surface area (Å²) in [5.41, 5.74) is 5.41. The van der Waals surface area contributed by atoms with Crippen LogP contribution in [0.5, 0.6) is 0 Å². The second-order valence-corrected chi connectivity index (χ2v) is 6.56. The van der Waals surface area contributed by atoms with E-state index in [-0.39, 0.29) is 11.9 Å². The maximum absolute atomic E-state index is 11.3. The second-order valence-electron chi connectivity index (χ2n) is 5.41. The Morgan fingerprint density at radius 1 is 1.29 bits per heavy atom. The molecule has 1 atom stereocenters. The maximum atomic E-state index is 11.3. The molecule has 0 aromatic carbocycles. The standard InChI is InChI=1S/C13H24N2OS/c14-13(16)12(15-11-5-6-11)7-8-17-9-10-3-1-2-4-10/h10-12,15H,1-9H2,(H2,14,16). The molecule has 3 N–H and O–H groups in total. The molecule has 1 unspecified atom stereocenters. The lowest BCUT2D eigenvalue weighted by molar-refractivity contribution is -0.120. The first-order valence-corrected chi connectivity index (χ1v) is 8.04. The average Bonchev–Trinajstić information content (AvgIpc) is 2.96. The minimum Gasteiger partial charge on any atom is -0.368 e. The quantitative estimate of drug-likeness (QED) is 0.652. The largest absolute Gasteiger partial charge is 0.368 e. The summed E-state index contributed by atoms with van der Waals surface area (Å²) < 4.78 is 0. The van der Waals surface area contributed by atoms with E-state index in [4.69, 9.17) is 5.73 Å². The monoisotopic (exact) mass is 256 g/mol. The Morgan fingerprint density at radius 2 is 2.00 bits per heavy atom. The second kappa shape index (κ2) is 6.64. The lowest BCUT2D eigenvalue weighted by atomic mass is 10.1. The van der Waals surface area contributed by atoms with Gasteiger partial charge in [0, 0.05) is 6.04 Å². The summed E-state index contributed by atoms with van der Waals surface area (Å²) in [5, 5.41) is 3.33. The van der Waals surface area contributed by atoms with Gasteiger partial charge >= 0.3 is 0 Å². The molecule has 98 valence electrons. The van der Waals surface area contributed by atoms with Gasteiger partial charge in [-0.25, -0.2) is 0 Å². The van der Waals surface area contributed by atoms with Crippen LogP contribution in [0.25, 0.3) is 0 Å². The molecule has 0 heterocycles. The number of amides is 1. The molecule has 2 saturated carbocycles. The van der Waals surface area contributed by atoms with Crippen LogP contribution in [0.2, 0.25) is 0 Å². The van der Waals surface area contributed by atoms with Crippen LogP contribution in [0.15, 0.2) is 0 Å². The van der Waals surface area contributed by atoms with Crippen LogP contribution in [0, 0.1) is 5.92 Å². The third-order valence-corrected chi connectivity index (χ3v) is 4.97. The molecule has 4 heteroatoms. The van der Waals surface area contributed by atoms with Gasteiger partial charge in [-0.15, -0.1) is 0 Å². The van der Waals surface area contributed by atoms with Crippen LogP contribution in [-0.4, -0.2) is 29.5 Å². The van der Waals surface area contributed by atoms with E-state index >= 15 is 0 Å². The van der Waals surface area contributed by atoms with Crippen molar-refractivity contribution in [3.8, 4) is 0 Å². The van der Waals surface area contributed by atoms with Gasteiger partial charge in [-0.3, -0.25) is 4.79 Å². The van der Waals surface area contributed by atoms with Crippen LogP contribution < -0.4 is 11.1 Å². The van der Waals surface area contributed by atoms with Gasteiger partial charge in [0.15, 0.2) is 0 Å². The van der Waals surface area contributed by atoms with Gasteiger partial charge in [0.05, 0.1) is 6.04 Å². The van der Waals surface area contributed by atoms with E-state index < -0.39 is 0 Å². The number of thioether (sulfide) groups is 1. The van der Waals surface area contributed by atoms with Gasteiger partial charge in [-0.2, -0.15) is 11.8 Å². The Kier molecular flexibility index (Phi) is 5.16. The van der Waals surface area contributed by atoms with Gasteiger partial charge < -0.3 is 11.1 Å². The number of hydrogen-bond acceptors (Lipinski definition) is 3. The van der Waals surface area contributed by atoms with Crippen molar-refractivity contribution >= 4 is 17.7 Å². The predicted molar refractivity (Wildman–Crippen MR) is 73.0 cm³/mol. The highest BCUT2D eigenvalue weighted by Crippen LogP contribution is 2.28. The number of nitrogens with two attached hydrogens (primary N) is 1. The van der Waals surface area contributed by atoms with E-state index in [0.29, 0.717) is 6.04 Å². The Hall–Kier alpha value is -0.220. The number of hydrogen-bond donors (Lipinski definition) is 2. The van der Waals surface area contributed by atoms with Crippen molar-refractivity contribution < 1.29 is 4.79 Å². The van der Waals surface area contributed by atoms with Crippen molar-refractivity contribution in [2.75, 3.05) is 11.5 Å². The molecule has 2 fully saturated rings. The zero-order valence-electron chi connectivity index (χ0n) is 10.5. The zero-order chi connectivity index (χ0) is 12.1. The van der Waals surface area contributed by atoms with Crippen LogP contribution in [0.4, 0.5) is 0 Å². The highest BCUT2D eigenvalue weighted by atomic mass is 32.2. The molecule has 2 aliphatic carbocycles. The SMILES string of the molecule is NC(=O)C(CCSCC1CCCC1)NC1CC1. The fourth-order valence-electron chi connectivity index (χ4n) is 2.47. The molecule has 2 rings (SSSR count). The van der Waals surface area contributed by atoms with Crippen LogP contribution in [0.1, 0.15) is 44.9 Å². The summed E-state index contributed by atoms with van der Waals surface area (Å²) in [6.07, 6.45) is 8.96. The molecule has 0 spiro atoms. The normalized spacial score (nSPS) is 22.8. The van der Waals surface area contributed by atoms with E-state index in [1.807, 2.05) is 11.8 Å². The average molecular weight is 256 g/mol. The Bertz CT molecular complexity index is 250. The number of primary amides is 1. The molecule has 0 radical (unpaired) electrons. The van der Waals surface area contributed by atoms with Crippen LogP contribution in [-0.2, 0) is 4.79 Å². The first-order chi connectivity index (χ1) is 8.25. The Balaban J connectivity index is 1.56. The highest BCUT2D eigenvalue weighted by Gasteiger charge is 2.26. The van der Waals surface area contributed by atoms with Crippen molar-refractivity contribution in [3.63, 3.8) is 0 Å². The van der Waals surface area contributed by atoms with E-state index in [9.17, 15) is 4.79 Å². The molecule has 0 aliphatic heterocycles. The van der Waals surface area contributed by atoms with E-state index in [1.165, 1.54) is 44.3 Å². The van der Waals surface area contributed by atoms with Crippen molar-refractivity contribution in [2.45, 2.75) is 57.0 Å². The van der Waals surface area contributed by atoms with Gasteiger partial charge in [0.1, 0.15) is 0 Å². The molecule has 0 bridgehead atoms. The highest BCUT2D eigenvalue weighted by molar-refractivity contribution is 7.99. The topological polar surface area (TPSA) is 55.1 Å². The summed E-state index contributed by atoms with van der Waals surface area (Å²) in [4.78, 5) is 11.3. The van der Waals surface area contributed by atoms with E-state index in [1.54, 1.807) is 0 Å². The van der Waals surface area contributed by atoms with Gasteiger partial charge in [-0.1, -0.05) is 12.8 Å². The summed E-state index contributed by atoms with van der Waals surface area (Å²) in [7, 11) is 0. The molecule has 3 nitrogen and oxygen atoms in total. The number of carbonyl (C=O) groups is 1. The molecule has 2 aliphatic rings. The van der Waals surface area contributed by atoms with Crippen molar-refractivity contribution in [1.82, 2.24) is 5.32 Å². The Labute approximate surface area is 108 Å². The maximum Gasteiger partial charge on any atom is 0.234 e. The number of rotatable bonds is 8. The molecular weight excluding hydrogens is 232 g/mol. The number of nitrogens with one attached hydrogen (secondary N) is 1. The van der Waals surface area contributed by atoms with Gasteiger partial charge in [-0.05, 0) is 49.5 Å². The smallest absolute Gasteiger partial charge is 0.234 e. The van der Waals surface area contributed by atoms with Crippen LogP contribution >= 0.6 is 11.8 Å². The molecule has 0 aromatic heterocycles. The molecule has 0 aromatic rings. The minimum absolute atomic E-state index is 0.0985. The lowest BCUT2D eigenvalue weighted by Gasteiger charge is -2.15. The molecule has 0 saturated heterocycles. The fourth-order valence-corrected chi connectivity index (χ4v) is 3.71. The summed E-state index contributed by atoms with van der Waals surface area (Å²) in [6.45, 7) is 0. The van der Waals surface area contributed by atoms with Crippen molar-refractivity contribution in [2.24, 2.45) is 11.7 Å². The van der Waals surface area contributed by atoms with E-state index in [0.717, 1.165) is 18.1 Å². The predicted octanol–water partition coefficient (Wildman–Crippen LogP) is 1.91. The first kappa shape index (κ1) is 13.2. The fraction of sp³-hybridized carbons (Fsp3) is 0.923. The first-order valence-electron chi connectivity index (χ1n) is 6.89. The minimum atomic E-state index is -0.182. The zero-order valence-corrected chi connectivity index (χ0v) is 11.3. The molecule has 1 amide bonds. The van der Waals surface area contributed by atoms with Gasteiger partial charge in [0.25, 0.3) is 0 Å². The Morgan fingerprint density at radius 3 is 2.59 bits per heavy atom. The summed E-state index contributed by atoms with van der Waals surface area (Å²) in [6, 6.07) is 0.464. The van der Waals surface area contributed by atoms with Crippen LogP contribution in [0.3, 0.4) is 0 Å². The summed E-state index contributed by atoms with van der Waals surface area (Å²) in [5.74, 6) is 3.08. The van der Waals surface area contributed by atoms with Crippen molar-refractivity contribution in [1.29, 1.82) is 0 Å². The molecule has 17 heavy (non-hydrogen) atoms. The van der Waals surface area contributed by atoms with Crippen molar-refractivity contribution in [3.05, 3.63) is 0 Å². The third-order valence-electron chi connectivity index (χ3n) is 3.74. The van der Waals surface area contributed by atoms with Gasteiger partial charge in [0.2, 0.25) is 5.91 Å². The summed E-state index contributed by atoms with van der Waals surface area (Å²) >= 11 is 2.00.